The van der Waals surface area contributed by atoms with Gasteiger partial charge in [0.15, 0.2) is 0 Å². The summed E-state index contributed by atoms with van der Waals surface area (Å²) < 4.78 is 0. The predicted octanol–water partition coefficient (Wildman–Crippen LogP) is 1.66. The van der Waals surface area contributed by atoms with Crippen molar-refractivity contribution in [3.8, 4) is 0 Å². The fourth-order valence-electron chi connectivity index (χ4n) is 3.92. The molecule has 0 aliphatic heterocycles. The molecule has 0 amide bonds. The maximum absolute atomic E-state index is 9.62. The third-order valence-corrected chi connectivity index (χ3v) is 4.67. The zero-order valence-corrected chi connectivity index (χ0v) is 7.03. The highest BCUT2D eigenvalue weighted by molar-refractivity contribution is 5.10. The van der Waals surface area contributed by atoms with Gasteiger partial charge in [0.25, 0.3) is 0 Å². The molecule has 3 fully saturated rings. The molecule has 0 spiro atoms. The lowest BCUT2D eigenvalue weighted by atomic mass is 9.39. The van der Waals surface area contributed by atoms with Crippen molar-refractivity contribution in [2.24, 2.45) is 29.6 Å². The average molecular weight is 152 g/mol. The van der Waals surface area contributed by atoms with Gasteiger partial charge in [-0.25, -0.2) is 0 Å². The lowest BCUT2D eigenvalue weighted by Crippen LogP contribution is -2.63. The normalized spacial score (nSPS) is 66.0. The molecule has 0 bridgehead atoms. The minimum absolute atomic E-state index is 0.0694. The summed E-state index contributed by atoms with van der Waals surface area (Å²) in [6, 6.07) is 0. The second kappa shape index (κ2) is 1.82. The van der Waals surface area contributed by atoms with E-state index in [-0.39, 0.29) is 6.10 Å². The molecule has 11 heavy (non-hydrogen) atoms. The number of aliphatic hydroxyl groups excluding tert-OH is 1. The van der Waals surface area contributed by atoms with E-state index in [2.05, 4.69) is 6.92 Å². The molecular weight excluding hydrogens is 136 g/mol. The van der Waals surface area contributed by atoms with Gasteiger partial charge in [0.05, 0.1) is 6.10 Å². The number of hydrogen-bond donors (Lipinski definition) is 1. The second-order valence-electron chi connectivity index (χ2n) is 4.81. The molecule has 0 saturated heterocycles. The molecule has 0 radical (unpaired) electrons. The van der Waals surface area contributed by atoms with Crippen molar-refractivity contribution in [3.05, 3.63) is 0 Å². The van der Waals surface area contributed by atoms with E-state index in [9.17, 15) is 5.11 Å². The Labute approximate surface area is 67.8 Å². The molecule has 3 saturated carbocycles. The molecule has 6 unspecified atom stereocenters. The molecule has 0 heterocycles. The Bertz CT molecular complexity index is 179. The van der Waals surface area contributed by atoms with Crippen LogP contribution in [0.4, 0.5) is 0 Å². The minimum atomic E-state index is 0.0694. The topological polar surface area (TPSA) is 20.2 Å². The maximum Gasteiger partial charge on any atom is 0.0571 e. The van der Waals surface area contributed by atoms with Crippen LogP contribution < -0.4 is 0 Å². The van der Waals surface area contributed by atoms with Crippen LogP contribution in [0.3, 0.4) is 0 Å². The van der Waals surface area contributed by atoms with Crippen LogP contribution in [0.15, 0.2) is 0 Å². The summed E-state index contributed by atoms with van der Waals surface area (Å²) in [6.45, 7) is 2.40. The Morgan fingerprint density at radius 2 is 1.91 bits per heavy atom. The van der Waals surface area contributed by atoms with E-state index >= 15 is 0 Å². The summed E-state index contributed by atoms with van der Waals surface area (Å²) in [4.78, 5) is 0. The van der Waals surface area contributed by atoms with Crippen molar-refractivity contribution < 1.29 is 5.11 Å². The standard InChI is InChI=1S/C10H16O/c1-5-6-2-3-9(11)8-4-7(5)10(6)8/h5-11H,2-4H2,1H3. The van der Waals surface area contributed by atoms with Crippen molar-refractivity contribution in [2.45, 2.75) is 32.3 Å². The summed E-state index contributed by atoms with van der Waals surface area (Å²) in [5.74, 6) is 4.68. The zero-order valence-electron chi connectivity index (χ0n) is 7.03. The summed E-state index contributed by atoms with van der Waals surface area (Å²) in [5, 5.41) is 9.62. The zero-order chi connectivity index (χ0) is 7.59. The molecule has 3 rings (SSSR count). The smallest absolute Gasteiger partial charge is 0.0571 e. The van der Waals surface area contributed by atoms with Gasteiger partial charge in [-0.05, 0) is 48.9 Å². The van der Waals surface area contributed by atoms with Gasteiger partial charge >= 0.3 is 0 Å². The van der Waals surface area contributed by atoms with Gasteiger partial charge in [0.2, 0.25) is 0 Å². The van der Waals surface area contributed by atoms with Crippen molar-refractivity contribution in [2.75, 3.05) is 0 Å². The Kier molecular flexibility index (Phi) is 1.07. The van der Waals surface area contributed by atoms with Crippen molar-refractivity contribution >= 4 is 0 Å². The van der Waals surface area contributed by atoms with E-state index in [0.717, 1.165) is 36.0 Å². The highest BCUT2D eigenvalue weighted by Gasteiger charge is 2.61. The first-order valence-electron chi connectivity index (χ1n) is 4.97. The van der Waals surface area contributed by atoms with E-state index < -0.39 is 0 Å². The van der Waals surface area contributed by atoms with E-state index in [1.807, 2.05) is 0 Å². The van der Waals surface area contributed by atoms with Crippen molar-refractivity contribution in [1.29, 1.82) is 0 Å². The third kappa shape index (κ3) is 0.581. The van der Waals surface area contributed by atoms with Crippen molar-refractivity contribution in [3.63, 3.8) is 0 Å². The summed E-state index contributed by atoms with van der Waals surface area (Å²) >= 11 is 0. The van der Waals surface area contributed by atoms with Crippen LogP contribution >= 0.6 is 0 Å². The van der Waals surface area contributed by atoms with Crippen LogP contribution in [-0.4, -0.2) is 11.2 Å². The van der Waals surface area contributed by atoms with Gasteiger partial charge in [0, 0.05) is 0 Å². The Balaban J connectivity index is 1.82. The van der Waals surface area contributed by atoms with Gasteiger partial charge in [-0.2, -0.15) is 0 Å². The fourth-order valence-corrected chi connectivity index (χ4v) is 3.92. The van der Waals surface area contributed by atoms with E-state index in [4.69, 9.17) is 0 Å². The van der Waals surface area contributed by atoms with Gasteiger partial charge in [-0.3, -0.25) is 0 Å². The minimum Gasteiger partial charge on any atom is -0.393 e. The predicted molar refractivity (Wildman–Crippen MR) is 43.0 cm³/mol. The summed E-state index contributed by atoms with van der Waals surface area (Å²) in [5.41, 5.74) is 0. The first-order valence-corrected chi connectivity index (χ1v) is 4.97. The molecule has 0 aromatic rings. The number of aliphatic hydroxyl groups is 1. The molecule has 0 aromatic heterocycles. The number of rotatable bonds is 0. The fraction of sp³-hybridized carbons (Fsp3) is 1.00. The highest BCUT2D eigenvalue weighted by atomic mass is 16.3. The van der Waals surface area contributed by atoms with Gasteiger partial charge < -0.3 is 5.11 Å². The van der Waals surface area contributed by atoms with Crippen LogP contribution in [0.2, 0.25) is 0 Å². The Hall–Kier alpha value is -0.0400. The molecule has 1 nitrogen and oxygen atoms in total. The number of hydrogen-bond acceptors (Lipinski definition) is 1. The Morgan fingerprint density at radius 1 is 1.09 bits per heavy atom. The molecule has 1 N–H and O–H groups in total. The summed E-state index contributed by atoms with van der Waals surface area (Å²) in [6.07, 6.45) is 3.80. The maximum atomic E-state index is 9.62. The van der Waals surface area contributed by atoms with Crippen LogP contribution in [0, 0.1) is 29.6 Å². The van der Waals surface area contributed by atoms with Gasteiger partial charge in [-0.1, -0.05) is 6.92 Å². The summed E-state index contributed by atoms with van der Waals surface area (Å²) in [7, 11) is 0. The molecule has 1 heteroatoms. The van der Waals surface area contributed by atoms with Gasteiger partial charge in [-0.15, -0.1) is 0 Å². The highest BCUT2D eigenvalue weighted by Crippen LogP contribution is 2.66. The van der Waals surface area contributed by atoms with Crippen LogP contribution in [0.5, 0.6) is 0 Å². The largest absolute Gasteiger partial charge is 0.393 e. The first-order chi connectivity index (χ1) is 5.29. The lowest BCUT2D eigenvalue weighted by molar-refractivity contribution is -0.210. The SMILES string of the molecule is CC1C2CCC(O)C3CC1C32. The second-order valence-corrected chi connectivity index (χ2v) is 4.81. The van der Waals surface area contributed by atoms with Gasteiger partial charge in [0.1, 0.15) is 0 Å². The van der Waals surface area contributed by atoms with E-state index in [1.54, 1.807) is 0 Å². The van der Waals surface area contributed by atoms with Crippen molar-refractivity contribution in [1.82, 2.24) is 0 Å². The Morgan fingerprint density at radius 3 is 2.73 bits per heavy atom. The van der Waals surface area contributed by atoms with E-state index in [0.29, 0.717) is 0 Å². The van der Waals surface area contributed by atoms with Crippen LogP contribution in [0.25, 0.3) is 0 Å². The third-order valence-electron chi connectivity index (χ3n) is 4.67. The molecule has 6 atom stereocenters. The molecular formula is C10H16O. The van der Waals surface area contributed by atoms with E-state index in [1.165, 1.54) is 12.8 Å². The van der Waals surface area contributed by atoms with Crippen LogP contribution in [-0.2, 0) is 0 Å². The first kappa shape index (κ1) is 6.47. The monoisotopic (exact) mass is 152 g/mol. The lowest BCUT2D eigenvalue weighted by Gasteiger charge is -2.67. The average Bonchev–Trinajstić information content (AvgIpc) is 1.93. The quantitative estimate of drug-likeness (QED) is 0.559. The van der Waals surface area contributed by atoms with Crippen LogP contribution in [0.1, 0.15) is 26.2 Å². The molecule has 0 aromatic carbocycles. The molecule has 62 valence electrons. The molecule has 3 aliphatic carbocycles. The molecule has 3 aliphatic rings.